The molecule has 1 aliphatic heterocycles. The summed E-state index contributed by atoms with van der Waals surface area (Å²) >= 11 is 0. The predicted molar refractivity (Wildman–Crippen MR) is 140 cm³/mol. The van der Waals surface area contributed by atoms with Crippen LogP contribution in [0, 0.1) is 22.0 Å². The lowest BCUT2D eigenvalue weighted by molar-refractivity contribution is -0.385. The van der Waals surface area contributed by atoms with Crippen LogP contribution >= 0.6 is 0 Å². The fraction of sp³-hybridized carbons (Fsp3) is 0.462. The molecule has 0 saturated heterocycles. The Morgan fingerprint density at radius 2 is 2.11 bits per heavy atom. The highest BCUT2D eigenvalue weighted by molar-refractivity contribution is 5.73. The number of rotatable bonds is 9. The van der Waals surface area contributed by atoms with Crippen molar-refractivity contribution in [1.82, 2.24) is 19.8 Å². The number of hydrogen-bond donors (Lipinski definition) is 1. The van der Waals surface area contributed by atoms with Gasteiger partial charge in [-0.2, -0.15) is 0 Å². The summed E-state index contributed by atoms with van der Waals surface area (Å²) in [5.74, 6) is 1.64. The number of benzene rings is 1. The van der Waals surface area contributed by atoms with E-state index in [9.17, 15) is 10.1 Å². The molecular weight excluding hydrogens is 460 g/mol. The SMILES string of the molecule is COc1cc(OCCN(C)C)c([N+](=O)[O-])cc1Nc1nccc(C2=CN(C)C3(C)C=CCC(C)C23)n1. The molecule has 3 unspecified atom stereocenters. The number of methoxy groups -OCH3 is 1. The van der Waals surface area contributed by atoms with Crippen molar-refractivity contribution >= 4 is 22.9 Å². The number of nitrogens with one attached hydrogen (secondary N) is 1. The summed E-state index contributed by atoms with van der Waals surface area (Å²) in [4.78, 5) is 24.6. The van der Waals surface area contributed by atoms with E-state index in [4.69, 9.17) is 14.5 Å². The number of nitro groups is 1. The van der Waals surface area contributed by atoms with Crippen LogP contribution in [0.1, 0.15) is 26.0 Å². The summed E-state index contributed by atoms with van der Waals surface area (Å²) in [6.07, 6.45) is 9.42. The molecule has 192 valence electrons. The van der Waals surface area contributed by atoms with E-state index in [-0.39, 0.29) is 17.0 Å². The number of aromatic nitrogens is 2. The summed E-state index contributed by atoms with van der Waals surface area (Å²) in [6.45, 7) is 5.46. The van der Waals surface area contributed by atoms with Gasteiger partial charge in [-0.1, -0.05) is 19.1 Å². The molecule has 1 N–H and O–H groups in total. The van der Waals surface area contributed by atoms with Gasteiger partial charge < -0.3 is 24.6 Å². The van der Waals surface area contributed by atoms with Gasteiger partial charge in [0.2, 0.25) is 11.7 Å². The van der Waals surface area contributed by atoms with E-state index in [1.807, 2.05) is 25.1 Å². The van der Waals surface area contributed by atoms with Crippen LogP contribution in [0.5, 0.6) is 11.5 Å². The third-order valence-electron chi connectivity index (χ3n) is 7.06. The molecule has 0 bridgehead atoms. The van der Waals surface area contributed by atoms with Crippen molar-refractivity contribution in [3.63, 3.8) is 0 Å². The zero-order valence-corrected chi connectivity index (χ0v) is 21.7. The molecule has 3 atom stereocenters. The third-order valence-corrected chi connectivity index (χ3v) is 7.06. The van der Waals surface area contributed by atoms with Gasteiger partial charge in [-0.15, -0.1) is 0 Å². The van der Waals surface area contributed by atoms with Crippen LogP contribution in [0.4, 0.5) is 17.3 Å². The van der Waals surface area contributed by atoms with Crippen LogP contribution in [0.25, 0.3) is 5.57 Å². The Morgan fingerprint density at radius 1 is 1.33 bits per heavy atom. The van der Waals surface area contributed by atoms with Crippen LogP contribution in [0.15, 0.2) is 42.7 Å². The molecule has 2 heterocycles. The smallest absolute Gasteiger partial charge is 0.313 e. The summed E-state index contributed by atoms with van der Waals surface area (Å²) < 4.78 is 11.2. The van der Waals surface area contributed by atoms with Crippen molar-refractivity contribution in [2.45, 2.75) is 25.8 Å². The van der Waals surface area contributed by atoms with Crippen molar-refractivity contribution in [3.8, 4) is 11.5 Å². The van der Waals surface area contributed by atoms with Gasteiger partial charge in [-0.05, 0) is 45.0 Å². The maximum Gasteiger partial charge on any atom is 0.313 e. The second-order valence-electron chi connectivity index (χ2n) is 9.83. The van der Waals surface area contributed by atoms with Crippen LogP contribution in [-0.4, -0.2) is 71.6 Å². The normalized spacial score (nSPS) is 22.9. The zero-order valence-electron chi connectivity index (χ0n) is 21.7. The number of allylic oxidation sites excluding steroid dienone is 1. The Hall–Kier alpha value is -3.66. The minimum atomic E-state index is -0.467. The quantitative estimate of drug-likeness (QED) is 0.310. The molecule has 0 fully saturated rings. The highest BCUT2D eigenvalue weighted by Gasteiger charge is 2.47. The van der Waals surface area contributed by atoms with E-state index in [0.717, 1.165) is 17.7 Å². The number of likely N-dealkylation sites (N-methyl/N-ethyl adjacent to an activating group) is 2. The number of anilines is 2. The third kappa shape index (κ3) is 4.86. The Kier molecular flexibility index (Phi) is 7.16. The molecule has 10 nitrogen and oxygen atoms in total. The van der Waals surface area contributed by atoms with Crippen molar-refractivity contribution in [2.24, 2.45) is 11.8 Å². The number of fused-ring (bicyclic) bond motifs is 1. The monoisotopic (exact) mass is 494 g/mol. The molecule has 4 rings (SSSR count). The minimum Gasteiger partial charge on any atom is -0.494 e. The van der Waals surface area contributed by atoms with Crippen molar-refractivity contribution in [2.75, 3.05) is 46.7 Å². The molecule has 2 aliphatic rings. The number of ether oxygens (including phenoxy) is 2. The fourth-order valence-corrected chi connectivity index (χ4v) is 5.06. The van der Waals surface area contributed by atoms with Gasteiger partial charge >= 0.3 is 5.69 Å². The van der Waals surface area contributed by atoms with E-state index in [2.05, 4.69) is 54.4 Å². The lowest BCUT2D eigenvalue weighted by atomic mass is 9.70. The first-order valence-electron chi connectivity index (χ1n) is 12.0. The molecule has 1 aromatic carbocycles. The van der Waals surface area contributed by atoms with E-state index in [1.165, 1.54) is 19.2 Å². The van der Waals surface area contributed by atoms with Crippen LogP contribution in [0.3, 0.4) is 0 Å². The topological polar surface area (TPSA) is 106 Å². The van der Waals surface area contributed by atoms with Gasteiger partial charge in [-0.3, -0.25) is 10.1 Å². The first kappa shape index (κ1) is 25.4. The second-order valence-corrected chi connectivity index (χ2v) is 9.83. The molecule has 0 amide bonds. The Bertz CT molecular complexity index is 1200. The van der Waals surface area contributed by atoms with Crippen molar-refractivity contribution < 1.29 is 14.4 Å². The maximum atomic E-state index is 11.8. The second kappa shape index (κ2) is 10.1. The highest BCUT2D eigenvalue weighted by Crippen LogP contribution is 2.49. The summed E-state index contributed by atoms with van der Waals surface area (Å²) in [7, 11) is 7.41. The number of nitro benzene ring substituents is 1. The van der Waals surface area contributed by atoms with Gasteiger partial charge in [-0.25, -0.2) is 9.97 Å². The molecule has 2 aromatic rings. The van der Waals surface area contributed by atoms with Crippen LogP contribution < -0.4 is 14.8 Å². The number of hydrogen-bond acceptors (Lipinski definition) is 9. The van der Waals surface area contributed by atoms with Gasteiger partial charge in [0.25, 0.3) is 0 Å². The predicted octanol–water partition coefficient (Wildman–Crippen LogP) is 4.33. The first-order chi connectivity index (χ1) is 17.1. The molecule has 1 aromatic heterocycles. The van der Waals surface area contributed by atoms with Crippen LogP contribution in [-0.2, 0) is 0 Å². The summed E-state index contributed by atoms with van der Waals surface area (Å²) in [5, 5.41) is 14.9. The largest absolute Gasteiger partial charge is 0.494 e. The molecule has 1 aliphatic carbocycles. The Morgan fingerprint density at radius 3 is 2.81 bits per heavy atom. The lowest BCUT2D eigenvalue weighted by Gasteiger charge is -2.42. The van der Waals surface area contributed by atoms with E-state index < -0.39 is 4.92 Å². The van der Waals surface area contributed by atoms with E-state index in [0.29, 0.717) is 42.4 Å². The summed E-state index contributed by atoms with van der Waals surface area (Å²) in [5.41, 5.74) is 2.11. The molecule has 0 spiro atoms. The molecule has 10 heteroatoms. The lowest BCUT2D eigenvalue weighted by Crippen LogP contribution is -2.45. The zero-order chi connectivity index (χ0) is 26.0. The minimum absolute atomic E-state index is 0.0994. The highest BCUT2D eigenvalue weighted by atomic mass is 16.6. The first-order valence-corrected chi connectivity index (χ1v) is 12.0. The van der Waals surface area contributed by atoms with Crippen molar-refractivity contribution in [3.05, 3.63) is 58.6 Å². The molecule has 0 saturated carbocycles. The van der Waals surface area contributed by atoms with Crippen molar-refractivity contribution in [1.29, 1.82) is 0 Å². The van der Waals surface area contributed by atoms with E-state index >= 15 is 0 Å². The van der Waals surface area contributed by atoms with Crippen LogP contribution in [0.2, 0.25) is 0 Å². The van der Waals surface area contributed by atoms with Gasteiger partial charge in [0.1, 0.15) is 12.4 Å². The van der Waals surface area contributed by atoms with Gasteiger partial charge in [0.05, 0.1) is 29.0 Å². The average Bonchev–Trinajstić information content (AvgIpc) is 3.11. The molecule has 0 radical (unpaired) electrons. The molecular formula is C26H34N6O4. The van der Waals surface area contributed by atoms with Gasteiger partial charge in [0, 0.05) is 44.0 Å². The van der Waals surface area contributed by atoms with Gasteiger partial charge in [0.15, 0.2) is 0 Å². The summed E-state index contributed by atoms with van der Waals surface area (Å²) in [6, 6.07) is 4.83. The Balaban J connectivity index is 1.63. The Labute approximate surface area is 211 Å². The standard InChI is InChI=1S/C26H34N6O4/c1-17-8-7-10-26(2)24(17)18(16-31(26)5)19-9-11-27-25(28-19)29-20-14-21(32(33)34)23(15-22(20)35-6)36-13-12-30(3)4/h7,9-11,14-17,24H,8,12-13H2,1-6H3,(H,27,28,29). The molecule has 36 heavy (non-hydrogen) atoms. The van der Waals surface area contributed by atoms with E-state index in [1.54, 1.807) is 6.20 Å². The average molecular weight is 495 g/mol. The maximum absolute atomic E-state index is 11.8. The number of nitrogens with zero attached hydrogens (tertiary/aromatic N) is 5. The fourth-order valence-electron chi connectivity index (χ4n) is 5.06.